The lowest BCUT2D eigenvalue weighted by Gasteiger charge is -2.08. The SMILES string of the molecule is N#CC1=CN([BH2-]n2cc(C#N)cn2)[N+]=C1. The molecule has 0 saturated heterocycles. The molecule has 0 aliphatic carbocycles. The Labute approximate surface area is 86.6 Å². The molecule has 15 heavy (non-hydrogen) atoms. The van der Waals surface area contributed by atoms with Crippen LogP contribution in [-0.2, 0) is 0 Å². The fraction of sp³-hybridized carbons (Fsp3) is 0. The van der Waals surface area contributed by atoms with Crippen molar-refractivity contribution in [3.63, 3.8) is 0 Å². The third-order valence-corrected chi connectivity index (χ3v) is 2.08. The molecule has 0 amide bonds. The zero-order chi connectivity index (χ0) is 10.7. The van der Waals surface area contributed by atoms with Gasteiger partial charge in [-0.3, -0.25) is 4.92 Å². The van der Waals surface area contributed by atoms with Crippen LogP contribution in [0.1, 0.15) is 5.56 Å². The van der Waals surface area contributed by atoms with Gasteiger partial charge in [-0.05, 0) is 6.20 Å². The van der Waals surface area contributed by atoms with Gasteiger partial charge in [-0.15, -0.1) is 0 Å². The van der Waals surface area contributed by atoms with Crippen molar-refractivity contribution in [1.29, 1.82) is 10.5 Å². The van der Waals surface area contributed by atoms with E-state index in [0.717, 1.165) is 0 Å². The standard InChI is InChI=1S/C8H6BN6/c10-1-7-3-12-14(5-7)9-15-6-8(2-11)4-13-15/h3-6H,9H2. The van der Waals surface area contributed by atoms with Crippen molar-refractivity contribution < 1.29 is 0 Å². The van der Waals surface area contributed by atoms with E-state index >= 15 is 0 Å². The fourth-order valence-corrected chi connectivity index (χ4v) is 1.39. The third-order valence-electron chi connectivity index (χ3n) is 2.08. The largest absolute Gasteiger partial charge is 0.422 e. The van der Waals surface area contributed by atoms with Crippen molar-refractivity contribution in [2.75, 3.05) is 0 Å². The summed E-state index contributed by atoms with van der Waals surface area (Å²) in [6.45, 7) is 0. The van der Waals surface area contributed by atoms with Crippen molar-refractivity contribution >= 4 is 13.8 Å². The molecule has 0 spiro atoms. The quantitative estimate of drug-likeness (QED) is 0.548. The Hall–Kier alpha value is -2.54. The van der Waals surface area contributed by atoms with Crippen molar-refractivity contribution in [2.24, 2.45) is 0 Å². The fourth-order valence-electron chi connectivity index (χ4n) is 1.39. The van der Waals surface area contributed by atoms with E-state index in [2.05, 4.69) is 10.2 Å². The second kappa shape index (κ2) is 3.68. The zero-order valence-electron chi connectivity index (χ0n) is 7.99. The highest BCUT2D eigenvalue weighted by atomic mass is 15.4. The molecule has 7 heteroatoms. The summed E-state index contributed by atoms with van der Waals surface area (Å²) in [6.07, 6.45) is 6.37. The molecule has 0 fully saturated rings. The van der Waals surface area contributed by atoms with Crippen molar-refractivity contribution in [1.82, 2.24) is 19.7 Å². The van der Waals surface area contributed by atoms with Gasteiger partial charge in [0.25, 0.3) is 13.8 Å². The highest BCUT2D eigenvalue weighted by Gasteiger charge is 2.14. The summed E-state index contributed by atoms with van der Waals surface area (Å²) in [5.74, 6) is 0. The first-order valence-electron chi connectivity index (χ1n) is 4.43. The van der Waals surface area contributed by atoms with Crippen LogP contribution in [0.4, 0.5) is 0 Å². The van der Waals surface area contributed by atoms with E-state index in [0.29, 0.717) is 11.1 Å². The minimum absolute atomic E-state index is 0.534. The van der Waals surface area contributed by atoms with Gasteiger partial charge in [-0.25, -0.2) is 5.10 Å². The lowest BCUT2D eigenvalue weighted by molar-refractivity contribution is 0.564. The molecule has 0 saturated carbocycles. The Bertz CT molecular complexity index is 514. The van der Waals surface area contributed by atoms with Gasteiger partial charge >= 0.3 is 0 Å². The third kappa shape index (κ3) is 1.87. The Morgan fingerprint density at radius 3 is 2.87 bits per heavy atom. The Balaban J connectivity index is 2.06. The number of hydrazone groups is 1. The molecule has 2 rings (SSSR count). The second-order valence-electron chi connectivity index (χ2n) is 3.23. The maximum absolute atomic E-state index is 8.60. The lowest BCUT2D eigenvalue weighted by Crippen LogP contribution is -2.28. The molecule has 0 atom stereocenters. The van der Waals surface area contributed by atoms with Crippen LogP contribution in [0.25, 0.3) is 0 Å². The highest BCUT2D eigenvalue weighted by molar-refractivity contribution is 6.30. The molecule has 6 nitrogen and oxygen atoms in total. The minimum atomic E-state index is -0.773. The van der Waals surface area contributed by atoms with Gasteiger partial charge in [0.15, 0.2) is 0 Å². The van der Waals surface area contributed by atoms with Crippen molar-refractivity contribution in [2.45, 2.75) is 0 Å². The normalized spacial score (nSPS) is 13.5. The number of hydrogen-bond acceptors (Lipinski definition) is 5. The maximum Gasteiger partial charge on any atom is 0.289 e. The average Bonchev–Trinajstić information content (AvgIpc) is 2.87. The molecule has 0 bridgehead atoms. The second-order valence-corrected chi connectivity index (χ2v) is 3.23. The van der Waals surface area contributed by atoms with Gasteiger partial charge in [0, 0.05) is 6.20 Å². The summed E-state index contributed by atoms with van der Waals surface area (Å²) in [5.41, 5.74) is 1.07. The Kier molecular flexibility index (Phi) is 2.22. The van der Waals surface area contributed by atoms with E-state index in [9.17, 15) is 0 Å². The van der Waals surface area contributed by atoms with E-state index in [1.807, 2.05) is 12.1 Å². The van der Waals surface area contributed by atoms with E-state index < -0.39 is 7.55 Å². The molecular weight excluding hydrogens is 191 g/mol. The van der Waals surface area contributed by atoms with Crippen LogP contribution >= 0.6 is 0 Å². The number of nitrogens with zero attached hydrogens (tertiary/aromatic N) is 6. The molecule has 1 aromatic heterocycles. The highest BCUT2D eigenvalue weighted by Crippen LogP contribution is 1.98. The topological polar surface area (TPSA) is 82.7 Å². The first-order valence-corrected chi connectivity index (χ1v) is 4.43. The Morgan fingerprint density at radius 1 is 1.40 bits per heavy atom. The van der Waals surface area contributed by atoms with Crippen LogP contribution in [0.3, 0.4) is 0 Å². The number of rotatable bonds is 2. The summed E-state index contributed by atoms with van der Waals surface area (Å²) in [6, 6.07) is 4.01. The van der Waals surface area contributed by atoms with E-state index in [1.165, 1.54) is 12.4 Å². The Morgan fingerprint density at radius 2 is 2.27 bits per heavy atom. The van der Waals surface area contributed by atoms with E-state index in [-0.39, 0.29) is 0 Å². The maximum atomic E-state index is 8.60. The molecule has 0 unspecified atom stereocenters. The summed E-state index contributed by atoms with van der Waals surface area (Å²) in [4.78, 5) is 1.70. The van der Waals surface area contributed by atoms with E-state index in [4.69, 9.17) is 10.5 Å². The molecule has 1 aromatic rings. The first kappa shape index (κ1) is 9.04. The molecule has 1 aliphatic rings. The van der Waals surface area contributed by atoms with Gasteiger partial charge in [-0.2, -0.15) is 10.5 Å². The summed E-state index contributed by atoms with van der Waals surface area (Å²) < 4.78 is 1.70. The van der Waals surface area contributed by atoms with Gasteiger partial charge < -0.3 is 4.59 Å². The summed E-state index contributed by atoms with van der Waals surface area (Å²) >= 11 is 0. The van der Waals surface area contributed by atoms with Gasteiger partial charge in [-0.1, -0.05) is 0 Å². The number of nitriles is 2. The monoisotopic (exact) mass is 197 g/mol. The van der Waals surface area contributed by atoms with Crippen LogP contribution in [0.15, 0.2) is 24.2 Å². The van der Waals surface area contributed by atoms with Crippen LogP contribution in [0.5, 0.6) is 0 Å². The summed E-state index contributed by atoms with van der Waals surface area (Å²) in [7, 11) is -0.773. The molecule has 0 N–H and O–H groups in total. The van der Waals surface area contributed by atoms with Crippen LogP contribution in [0.2, 0.25) is 0 Å². The molecule has 2 heterocycles. The molecule has 1 radical (unpaired) electrons. The van der Waals surface area contributed by atoms with Crippen LogP contribution < -0.4 is 5.10 Å². The number of aromatic nitrogens is 2. The van der Waals surface area contributed by atoms with Gasteiger partial charge in [0.05, 0.1) is 11.8 Å². The summed E-state index contributed by atoms with van der Waals surface area (Å²) in [5, 5.41) is 25.3. The zero-order valence-corrected chi connectivity index (χ0v) is 7.99. The van der Waals surface area contributed by atoms with Crippen molar-refractivity contribution in [3.05, 3.63) is 29.7 Å². The molecule has 71 valence electrons. The smallest absolute Gasteiger partial charge is 0.289 e. The van der Waals surface area contributed by atoms with Gasteiger partial charge in [0.2, 0.25) is 0 Å². The van der Waals surface area contributed by atoms with E-state index in [1.54, 1.807) is 21.9 Å². The predicted octanol–water partition coefficient (Wildman–Crippen LogP) is -1.35. The van der Waals surface area contributed by atoms with Crippen molar-refractivity contribution in [3.8, 4) is 12.1 Å². The lowest BCUT2D eigenvalue weighted by atomic mass is 10.1. The number of hydrogen-bond donors (Lipinski definition) is 0. The average molecular weight is 197 g/mol. The van der Waals surface area contributed by atoms with Crippen LogP contribution in [0, 0.1) is 22.7 Å². The number of allylic oxidation sites excluding steroid dienone is 1. The molecule has 0 aromatic carbocycles. The first-order chi connectivity index (χ1) is 7.31. The molecular formula is C8H6BN6. The predicted molar refractivity (Wildman–Crippen MR) is 54.6 cm³/mol. The van der Waals surface area contributed by atoms with Crippen LogP contribution in [-0.4, -0.2) is 28.4 Å². The minimum Gasteiger partial charge on any atom is -0.422 e. The molecule has 1 aliphatic heterocycles. The van der Waals surface area contributed by atoms with Gasteiger partial charge in [0.1, 0.15) is 22.8 Å².